The molecule has 0 amide bonds. The lowest BCUT2D eigenvalue weighted by Gasteiger charge is -2.28. The molecular weight excluding hydrogens is 361 g/mol. The summed E-state index contributed by atoms with van der Waals surface area (Å²) in [4.78, 5) is 26.3. The van der Waals surface area contributed by atoms with Gasteiger partial charge in [-0.05, 0) is 49.5 Å². The topological polar surface area (TPSA) is 110 Å². The number of carbonyl (C=O) groups excluding carboxylic acids is 2. The van der Waals surface area contributed by atoms with Crippen LogP contribution in [0.3, 0.4) is 0 Å². The zero-order valence-corrected chi connectivity index (χ0v) is 16.3. The predicted octanol–water partition coefficient (Wildman–Crippen LogP) is 0.425. The normalized spacial score (nSPS) is 16.0. The first-order valence-corrected chi connectivity index (χ1v) is 9.24. The number of Topliss-reactive ketones (excluding diaryl/α,β-unsaturated/α-hetero) is 2. The van der Waals surface area contributed by atoms with E-state index in [1.54, 1.807) is 16.8 Å². The van der Waals surface area contributed by atoms with Crippen molar-refractivity contribution in [2.24, 2.45) is 0 Å². The third-order valence-electron chi connectivity index (χ3n) is 4.81. The first kappa shape index (κ1) is 20.2. The lowest BCUT2D eigenvalue weighted by molar-refractivity contribution is -0.118. The Hall–Kier alpha value is -2.59. The lowest BCUT2D eigenvalue weighted by atomic mass is 9.64. The highest BCUT2D eigenvalue weighted by molar-refractivity contribution is 6.47. The number of fused-ring (bicyclic) bond motifs is 1. The molecule has 0 saturated heterocycles. The van der Waals surface area contributed by atoms with Crippen molar-refractivity contribution in [3.05, 3.63) is 35.2 Å². The number of hydrogen-bond donors (Lipinski definition) is 1. The van der Waals surface area contributed by atoms with Gasteiger partial charge in [0.25, 0.3) is 0 Å². The SMILES string of the molecule is CC(=O)c1cccc2c1OB(O)[C@@H](CC(=O)Cc1nnnn1CCN(C)C)C2. The fourth-order valence-electron chi connectivity index (χ4n) is 3.29. The van der Waals surface area contributed by atoms with Gasteiger partial charge in [0.1, 0.15) is 11.5 Å². The summed E-state index contributed by atoms with van der Waals surface area (Å²) in [5.41, 5.74) is 1.27. The fraction of sp³-hybridized carbons (Fsp3) is 0.500. The van der Waals surface area contributed by atoms with Gasteiger partial charge in [-0.25, -0.2) is 4.68 Å². The van der Waals surface area contributed by atoms with Crippen molar-refractivity contribution in [1.29, 1.82) is 0 Å². The van der Waals surface area contributed by atoms with E-state index in [0.29, 0.717) is 30.1 Å². The van der Waals surface area contributed by atoms with Crippen molar-refractivity contribution in [3.8, 4) is 5.75 Å². The highest BCUT2D eigenvalue weighted by atomic mass is 16.5. The first-order valence-electron chi connectivity index (χ1n) is 9.24. The van der Waals surface area contributed by atoms with Crippen molar-refractivity contribution in [2.75, 3.05) is 20.6 Å². The van der Waals surface area contributed by atoms with E-state index in [0.717, 1.165) is 12.1 Å². The fourth-order valence-corrected chi connectivity index (χ4v) is 3.29. The van der Waals surface area contributed by atoms with E-state index in [4.69, 9.17) is 4.65 Å². The quantitative estimate of drug-likeness (QED) is 0.514. The third kappa shape index (κ3) is 4.63. The molecule has 0 unspecified atom stereocenters. The maximum absolute atomic E-state index is 12.6. The van der Waals surface area contributed by atoms with E-state index in [2.05, 4.69) is 15.5 Å². The van der Waals surface area contributed by atoms with Crippen molar-refractivity contribution >= 4 is 18.7 Å². The monoisotopic (exact) mass is 385 g/mol. The second-order valence-corrected chi connectivity index (χ2v) is 7.36. The molecule has 2 aromatic rings. The van der Waals surface area contributed by atoms with Crippen LogP contribution in [0.1, 0.15) is 35.1 Å². The molecule has 0 saturated carbocycles. The highest BCUT2D eigenvalue weighted by Gasteiger charge is 2.37. The van der Waals surface area contributed by atoms with Crippen LogP contribution in [-0.2, 0) is 24.2 Å². The molecule has 9 nitrogen and oxygen atoms in total. The molecule has 1 aromatic carbocycles. The van der Waals surface area contributed by atoms with E-state index < -0.39 is 7.12 Å². The number of rotatable bonds is 8. The van der Waals surface area contributed by atoms with Crippen LogP contribution in [0.4, 0.5) is 0 Å². The Labute approximate surface area is 163 Å². The Morgan fingerprint density at radius 1 is 1.39 bits per heavy atom. The summed E-state index contributed by atoms with van der Waals surface area (Å²) < 4.78 is 7.22. The van der Waals surface area contributed by atoms with Crippen LogP contribution in [0.15, 0.2) is 18.2 Å². The largest absolute Gasteiger partial charge is 0.535 e. The van der Waals surface area contributed by atoms with Crippen LogP contribution in [0.25, 0.3) is 0 Å². The van der Waals surface area contributed by atoms with Crippen molar-refractivity contribution < 1.29 is 19.3 Å². The van der Waals surface area contributed by atoms with Crippen LogP contribution < -0.4 is 4.65 Å². The number of carbonyl (C=O) groups is 2. The summed E-state index contributed by atoms with van der Waals surface area (Å²) >= 11 is 0. The second-order valence-electron chi connectivity index (χ2n) is 7.36. The summed E-state index contributed by atoms with van der Waals surface area (Å²) in [7, 11) is 2.77. The van der Waals surface area contributed by atoms with Crippen LogP contribution >= 0.6 is 0 Å². The van der Waals surface area contributed by atoms with Gasteiger partial charge in [-0.1, -0.05) is 12.1 Å². The van der Waals surface area contributed by atoms with Gasteiger partial charge in [-0.15, -0.1) is 5.10 Å². The Kier molecular flexibility index (Phi) is 6.20. The molecule has 0 spiro atoms. The number of likely N-dealkylation sites (N-methyl/N-ethyl adjacent to an activating group) is 1. The number of ketones is 2. The molecule has 0 radical (unpaired) electrons. The molecule has 0 fully saturated rings. The average Bonchev–Trinajstić information content (AvgIpc) is 3.06. The molecule has 1 N–H and O–H groups in total. The zero-order valence-electron chi connectivity index (χ0n) is 16.3. The van der Waals surface area contributed by atoms with Crippen LogP contribution in [0.2, 0.25) is 5.82 Å². The van der Waals surface area contributed by atoms with Crippen LogP contribution in [-0.4, -0.2) is 69.5 Å². The van der Waals surface area contributed by atoms with Gasteiger partial charge in [-0.2, -0.15) is 0 Å². The summed E-state index contributed by atoms with van der Waals surface area (Å²) in [5.74, 6) is 0.354. The minimum absolute atomic E-state index is 0.0697. The number of aromatic nitrogens is 4. The summed E-state index contributed by atoms with van der Waals surface area (Å²) in [6.45, 7) is 2.82. The lowest BCUT2D eigenvalue weighted by Crippen LogP contribution is -2.36. The molecule has 10 heteroatoms. The third-order valence-corrected chi connectivity index (χ3v) is 4.81. The van der Waals surface area contributed by atoms with Crippen LogP contribution in [0.5, 0.6) is 5.75 Å². The molecule has 3 rings (SSSR count). The summed E-state index contributed by atoms with van der Waals surface area (Å²) in [6, 6.07) is 5.31. The maximum atomic E-state index is 12.6. The van der Waals surface area contributed by atoms with E-state index >= 15 is 0 Å². The molecule has 2 heterocycles. The van der Waals surface area contributed by atoms with Crippen molar-refractivity contribution in [1.82, 2.24) is 25.1 Å². The Morgan fingerprint density at radius 2 is 2.18 bits per heavy atom. The molecule has 1 aliphatic rings. The summed E-state index contributed by atoms with van der Waals surface area (Å²) in [6.07, 6.45) is 0.713. The van der Waals surface area contributed by atoms with E-state index in [9.17, 15) is 14.6 Å². The molecule has 1 aromatic heterocycles. The van der Waals surface area contributed by atoms with Gasteiger partial charge in [0, 0.05) is 18.8 Å². The van der Waals surface area contributed by atoms with Crippen molar-refractivity contribution in [3.63, 3.8) is 0 Å². The Bertz CT molecular complexity index is 869. The molecular formula is C18H24BN5O4. The number of hydrogen-bond acceptors (Lipinski definition) is 8. The number of para-hydroxylation sites is 1. The highest BCUT2D eigenvalue weighted by Crippen LogP contribution is 2.36. The van der Waals surface area contributed by atoms with E-state index in [1.807, 2.05) is 25.1 Å². The standard InChI is InChI=1S/C18H24BN5O4/c1-12(25)16-6-4-5-13-9-14(19(27)28-18(13)16)10-15(26)11-17-20-21-22-24(17)8-7-23(2)3/h4-6,14,27H,7-11H2,1-3H3/t14-/m1/s1. The molecule has 148 valence electrons. The number of nitrogens with zero attached hydrogens (tertiary/aromatic N) is 5. The van der Waals surface area contributed by atoms with E-state index in [1.165, 1.54) is 6.92 Å². The minimum Gasteiger partial charge on any atom is -0.535 e. The van der Waals surface area contributed by atoms with Crippen LogP contribution in [0, 0.1) is 0 Å². The molecule has 1 aliphatic heterocycles. The predicted molar refractivity (Wildman–Crippen MR) is 102 cm³/mol. The number of benzene rings is 1. The first-order chi connectivity index (χ1) is 13.3. The molecule has 0 bridgehead atoms. The zero-order chi connectivity index (χ0) is 20.3. The Morgan fingerprint density at radius 3 is 2.89 bits per heavy atom. The maximum Gasteiger partial charge on any atom is 0.526 e. The van der Waals surface area contributed by atoms with Gasteiger partial charge in [0.05, 0.1) is 18.5 Å². The molecule has 1 atom stereocenters. The molecule has 0 aliphatic carbocycles. The van der Waals surface area contributed by atoms with Gasteiger partial charge in [0.2, 0.25) is 0 Å². The average molecular weight is 385 g/mol. The molecule has 28 heavy (non-hydrogen) atoms. The Balaban J connectivity index is 1.65. The van der Waals surface area contributed by atoms with Gasteiger partial charge in [-0.3, -0.25) is 9.59 Å². The van der Waals surface area contributed by atoms with Gasteiger partial charge < -0.3 is 14.6 Å². The van der Waals surface area contributed by atoms with E-state index in [-0.39, 0.29) is 30.2 Å². The summed E-state index contributed by atoms with van der Waals surface area (Å²) in [5, 5.41) is 21.9. The number of tetrazole rings is 1. The second kappa shape index (κ2) is 8.62. The smallest absolute Gasteiger partial charge is 0.526 e. The van der Waals surface area contributed by atoms with Gasteiger partial charge >= 0.3 is 7.12 Å². The van der Waals surface area contributed by atoms with Crippen molar-refractivity contribution in [2.45, 2.75) is 38.5 Å². The van der Waals surface area contributed by atoms with Gasteiger partial charge in [0.15, 0.2) is 11.6 Å². The minimum atomic E-state index is -1.14.